The molecule has 0 spiro atoms. The predicted octanol–water partition coefficient (Wildman–Crippen LogP) is 3.32. The number of hydrogen-bond acceptors (Lipinski definition) is 3. The summed E-state index contributed by atoms with van der Waals surface area (Å²) in [6.45, 7) is 3.62. The number of thiophene rings is 1. The van der Waals surface area contributed by atoms with Gasteiger partial charge in [0.15, 0.2) is 0 Å². The minimum Gasteiger partial charge on any atom is -0.478 e. The standard InChI is InChI=1S/C14H13NO3S/c1-8-4-3-5-10(12(8)14(17)18)15-13(16)11-7-6-9(2)19-11/h3-7H,1-2H3,(H,15,16)(H,17,18). The zero-order valence-electron chi connectivity index (χ0n) is 10.6. The minimum absolute atomic E-state index is 0.129. The summed E-state index contributed by atoms with van der Waals surface area (Å²) < 4.78 is 0. The van der Waals surface area contributed by atoms with Crippen LogP contribution in [0.25, 0.3) is 0 Å². The lowest BCUT2D eigenvalue weighted by Gasteiger charge is -2.09. The molecule has 19 heavy (non-hydrogen) atoms. The second kappa shape index (κ2) is 5.24. The summed E-state index contributed by atoms with van der Waals surface area (Å²) in [5.41, 5.74) is 1.07. The number of carboxylic acids is 1. The van der Waals surface area contributed by atoms with Crippen molar-refractivity contribution in [3.63, 3.8) is 0 Å². The molecule has 0 aliphatic rings. The summed E-state index contributed by atoms with van der Waals surface area (Å²) in [5, 5.41) is 11.8. The summed E-state index contributed by atoms with van der Waals surface area (Å²) >= 11 is 1.37. The summed E-state index contributed by atoms with van der Waals surface area (Å²) in [5.74, 6) is -1.33. The fraction of sp³-hybridized carbons (Fsp3) is 0.143. The van der Waals surface area contributed by atoms with Crippen LogP contribution in [0.5, 0.6) is 0 Å². The molecule has 0 fully saturated rings. The highest BCUT2D eigenvalue weighted by Crippen LogP contribution is 2.22. The molecule has 0 aliphatic heterocycles. The van der Waals surface area contributed by atoms with E-state index in [4.69, 9.17) is 0 Å². The maximum atomic E-state index is 12.0. The van der Waals surface area contributed by atoms with Crippen LogP contribution >= 0.6 is 11.3 Å². The molecule has 1 heterocycles. The average Bonchev–Trinajstić information content (AvgIpc) is 2.75. The van der Waals surface area contributed by atoms with Crippen molar-refractivity contribution in [3.8, 4) is 0 Å². The van der Waals surface area contributed by atoms with E-state index in [-0.39, 0.29) is 11.5 Å². The van der Waals surface area contributed by atoms with E-state index in [1.165, 1.54) is 11.3 Å². The van der Waals surface area contributed by atoms with E-state index >= 15 is 0 Å². The molecule has 0 atom stereocenters. The van der Waals surface area contributed by atoms with Gasteiger partial charge in [-0.05, 0) is 37.6 Å². The van der Waals surface area contributed by atoms with Crippen LogP contribution in [0.15, 0.2) is 30.3 Å². The fourth-order valence-corrected chi connectivity index (χ4v) is 2.56. The van der Waals surface area contributed by atoms with Crippen LogP contribution in [0, 0.1) is 13.8 Å². The van der Waals surface area contributed by atoms with Gasteiger partial charge in [0.1, 0.15) is 0 Å². The van der Waals surface area contributed by atoms with Crippen LogP contribution < -0.4 is 5.32 Å². The molecule has 1 aromatic heterocycles. The van der Waals surface area contributed by atoms with Crippen molar-refractivity contribution < 1.29 is 14.7 Å². The second-order valence-electron chi connectivity index (χ2n) is 4.17. The Hall–Kier alpha value is -2.14. The molecule has 2 aromatic rings. The number of carboxylic acid groups (broad SMARTS) is 1. The van der Waals surface area contributed by atoms with Crippen molar-refractivity contribution in [2.45, 2.75) is 13.8 Å². The van der Waals surface area contributed by atoms with E-state index in [0.717, 1.165) is 4.88 Å². The number of amides is 1. The average molecular weight is 275 g/mol. The third-order valence-corrected chi connectivity index (χ3v) is 3.70. The maximum absolute atomic E-state index is 12.0. The van der Waals surface area contributed by atoms with E-state index in [2.05, 4.69) is 5.32 Å². The second-order valence-corrected chi connectivity index (χ2v) is 5.45. The van der Waals surface area contributed by atoms with Gasteiger partial charge in [-0.15, -0.1) is 11.3 Å². The van der Waals surface area contributed by atoms with Crippen LogP contribution in [0.4, 0.5) is 5.69 Å². The van der Waals surface area contributed by atoms with Crippen molar-refractivity contribution in [3.05, 3.63) is 51.2 Å². The van der Waals surface area contributed by atoms with E-state index < -0.39 is 5.97 Å². The number of rotatable bonds is 3. The molecule has 1 amide bonds. The monoisotopic (exact) mass is 275 g/mol. The van der Waals surface area contributed by atoms with E-state index in [1.54, 1.807) is 31.2 Å². The van der Waals surface area contributed by atoms with Crippen LogP contribution in [-0.4, -0.2) is 17.0 Å². The normalized spacial score (nSPS) is 10.2. The first kappa shape index (κ1) is 13.3. The van der Waals surface area contributed by atoms with Gasteiger partial charge in [-0.25, -0.2) is 4.79 Å². The first-order valence-electron chi connectivity index (χ1n) is 5.69. The third-order valence-electron chi connectivity index (χ3n) is 2.70. The van der Waals surface area contributed by atoms with Gasteiger partial charge >= 0.3 is 5.97 Å². The lowest BCUT2D eigenvalue weighted by molar-refractivity contribution is 0.0697. The van der Waals surface area contributed by atoms with Gasteiger partial charge in [-0.2, -0.15) is 0 Å². The number of nitrogens with one attached hydrogen (secondary N) is 1. The first-order valence-corrected chi connectivity index (χ1v) is 6.51. The van der Waals surface area contributed by atoms with Crippen LogP contribution in [0.1, 0.15) is 30.5 Å². The molecule has 0 aliphatic carbocycles. The SMILES string of the molecule is Cc1ccc(C(=O)Nc2cccc(C)c2C(=O)O)s1. The topological polar surface area (TPSA) is 66.4 Å². The van der Waals surface area contributed by atoms with E-state index in [0.29, 0.717) is 16.1 Å². The van der Waals surface area contributed by atoms with Gasteiger partial charge in [0, 0.05) is 4.88 Å². The summed E-state index contributed by atoms with van der Waals surface area (Å²) in [6.07, 6.45) is 0. The summed E-state index contributed by atoms with van der Waals surface area (Å²) in [4.78, 5) is 24.8. The van der Waals surface area contributed by atoms with Crippen molar-refractivity contribution in [1.82, 2.24) is 0 Å². The highest BCUT2D eigenvalue weighted by atomic mass is 32.1. The number of carbonyl (C=O) groups excluding carboxylic acids is 1. The molecule has 5 heteroatoms. The lowest BCUT2D eigenvalue weighted by atomic mass is 10.1. The number of carbonyl (C=O) groups is 2. The Kier molecular flexibility index (Phi) is 3.66. The van der Waals surface area contributed by atoms with Gasteiger partial charge in [0.2, 0.25) is 0 Å². The Bertz CT molecular complexity index is 646. The van der Waals surface area contributed by atoms with Crippen molar-refractivity contribution in [2.75, 3.05) is 5.32 Å². The fourth-order valence-electron chi connectivity index (χ4n) is 1.80. The molecule has 0 bridgehead atoms. The van der Waals surface area contributed by atoms with Gasteiger partial charge in [0.05, 0.1) is 16.1 Å². The zero-order chi connectivity index (χ0) is 14.0. The Morgan fingerprint density at radius 2 is 1.89 bits per heavy atom. The minimum atomic E-state index is -1.05. The predicted molar refractivity (Wildman–Crippen MR) is 75.1 cm³/mol. The Morgan fingerprint density at radius 1 is 1.16 bits per heavy atom. The third kappa shape index (κ3) is 2.82. The van der Waals surface area contributed by atoms with Crippen LogP contribution in [0.2, 0.25) is 0 Å². The molecule has 0 saturated heterocycles. The smallest absolute Gasteiger partial charge is 0.338 e. The molecule has 0 radical (unpaired) electrons. The first-order chi connectivity index (χ1) is 8.99. The van der Waals surface area contributed by atoms with Crippen LogP contribution in [0.3, 0.4) is 0 Å². The molecular weight excluding hydrogens is 262 g/mol. The number of hydrogen-bond donors (Lipinski definition) is 2. The molecular formula is C14H13NO3S. The van der Waals surface area contributed by atoms with Gasteiger partial charge in [-0.3, -0.25) is 4.79 Å². The summed E-state index contributed by atoms with van der Waals surface area (Å²) in [7, 11) is 0. The molecule has 0 unspecified atom stereocenters. The highest BCUT2D eigenvalue weighted by Gasteiger charge is 2.16. The van der Waals surface area contributed by atoms with Gasteiger partial charge in [-0.1, -0.05) is 12.1 Å². The van der Waals surface area contributed by atoms with E-state index in [9.17, 15) is 14.7 Å². The van der Waals surface area contributed by atoms with Crippen molar-refractivity contribution in [2.24, 2.45) is 0 Å². The molecule has 98 valence electrons. The largest absolute Gasteiger partial charge is 0.478 e. The number of aromatic carboxylic acids is 1. The van der Waals surface area contributed by atoms with Crippen molar-refractivity contribution in [1.29, 1.82) is 0 Å². The Morgan fingerprint density at radius 3 is 2.47 bits per heavy atom. The van der Waals surface area contributed by atoms with E-state index in [1.807, 2.05) is 13.0 Å². The molecule has 4 nitrogen and oxygen atoms in total. The van der Waals surface area contributed by atoms with Crippen molar-refractivity contribution >= 4 is 28.9 Å². The molecule has 0 saturated carbocycles. The zero-order valence-corrected chi connectivity index (χ0v) is 11.4. The Labute approximate surface area is 114 Å². The van der Waals surface area contributed by atoms with Gasteiger partial charge in [0.25, 0.3) is 5.91 Å². The maximum Gasteiger partial charge on any atom is 0.338 e. The van der Waals surface area contributed by atoms with Crippen LogP contribution in [-0.2, 0) is 0 Å². The summed E-state index contributed by atoms with van der Waals surface area (Å²) in [6, 6.07) is 8.60. The molecule has 2 rings (SSSR count). The highest BCUT2D eigenvalue weighted by molar-refractivity contribution is 7.14. The Balaban J connectivity index is 2.31. The number of benzene rings is 1. The van der Waals surface area contributed by atoms with Gasteiger partial charge < -0.3 is 10.4 Å². The quantitative estimate of drug-likeness (QED) is 0.903. The molecule has 2 N–H and O–H groups in total. The number of aryl methyl sites for hydroxylation is 2. The lowest BCUT2D eigenvalue weighted by Crippen LogP contribution is -2.14. The molecule has 1 aromatic carbocycles. The number of anilines is 1.